The molecule has 0 spiro atoms. The maximum absolute atomic E-state index is 10.5. The fourth-order valence-electron chi connectivity index (χ4n) is 1.62. The molecule has 1 atom stereocenters. The van der Waals surface area contributed by atoms with Crippen LogP contribution in [0.3, 0.4) is 0 Å². The van der Waals surface area contributed by atoms with Gasteiger partial charge in [-0.1, -0.05) is 12.1 Å². The van der Waals surface area contributed by atoms with Gasteiger partial charge >= 0.3 is 5.97 Å². The average Bonchev–Trinajstić information content (AvgIpc) is 2.23. The fraction of sp³-hybridized carbons (Fsp3) is 0.462. The first kappa shape index (κ1) is 13.5. The zero-order chi connectivity index (χ0) is 13.0. The monoisotopic (exact) mass is 237 g/mol. The number of aliphatic carboxylic acids is 1. The van der Waals surface area contributed by atoms with Crippen LogP contribution in [0.4, 0.5) is 0 Å². The summed E-state index contributed by atoms with van der Waals surface area (Å²) in [7, 11) is 0. The number of carbonyl (C=O) groups is 1. The highest BCUT2D eigenvalue weighted by Crippen LogP contribution is 2.25. The van der Waals surface area contributed by atoms with Crippen molar-refractivity contribution in [2.75, 3.05) is 6.61 Å². The maximum Gasteiger partial charge on any atom is 0.305 e. The van der Waals surface area contributed by atoms with Crippen LogP contribution < -0.4 is 10.5 Å². The molecule has 17 heavy (non-hydrogen) atoms. The lowest BCUT2D eigenvalue weighted by molar-refractivity contribution is -0.137. The molecule has 0 saturated heterocycles. The lowest BCUT2D eigenvalue weighted by Crippen LogP contribution is -2.30. The van der Waals surface area contributed by atoms with Gasteiger partial charge in [-0.25, -0.2) is 0 Å². The molecule has 0 aromatic heterocycles. The number of aryl methyl sites for hydroxylation is 2. The van der Waals surface area contributed by atoms with Gasteiger partial charge in [0, 0.05) is 6.04 Å². The molecular formula is C13H19NO3. The van der Waals surface area contributed by atoms with Gasteiger partial charge in [-0.15, -0.1) is 0 Å². The second-order valence-electron chi connectivity index (χ2n) is 4.32. The van der Waals surface area contributed by atoms with Crippen molar-refractivity contribution in [3.8, 4) is 5.75 Å². The molecule has 0 aliphatic heterocycles. The van der Waals surface area contributed by atoms with E-state index in [1.165, 1.54) is 0 Å². The van der Waals surface area contributed by atoms with Gasteiger partial charge in [0.2, 0.25) is 0 Å². The summed E-state index contributed by atoms with van der Waals surface area (Å²) in [5.41, 5.74) is 8.92. The zero-order valence-corrected chi connectivity index (χ0v) is 10.5. The molecule has 94 valence electrons. The van der Waals surface area contributed by atoms with E-state index in [1.807, 2.05) is 32.9 Å². The van der Waals surface area contributed by atoms with Crippen molar-refractivity contribution in [2.45, 2.75) is 33.2 Å². The van der Waals surface area contributed by atoms with Crippen molar-refractivity contribution in [3.63, 3.8) is 0 Å². The minimum atomic E-state index is -0.904. The summed E-state index contributed by atoms with van der Waals surface area (Å²) in [5.74, 6) is -0.0929. The number of hydrogen-bond donors (Lipinski definition) is 2. The molecule has 0 bridgehead atoms. The summed E-state index contributed by atoms with van der Waals surface area (Å²) in [6, 6.07) is 3.54. The van der Waals surface area contributed by atoms with E-state index in [-0.39, 0.29) is 13.0 Å². The van der Waals surface area contributed by atoms with E-state index in [0.717, 1.165) is 22.4 Å². The average molecular weight is 237 g/mol. The highest BCUT2D eigenvalue weighted by Gasteiger charge is 2.11. The molecule has 4 nitrogen and oxygen atoms in total. The van der Waals surface area contributed by atoms with Crippen molar-refractivity contribution < 1.29 is 14.6 Å². The van der Waals surface area contributed by atoms with Crippen LogP contribution in [-0.2, 0) is 4.79 Å². The van der Waals surface area contributed by atoms with Crippen LogP contribution in [0, 0.1) is 20.8 Å². The number of nitrogens with two attached hydrogens (primary N) is 1. The predicted molar refractivity (Wildman–Crippen MR) is 66.4 cm³/mol. The molecule has 1 aromatic rings. The summed E-state index contributed by atoms with van der Waals surface area (Å²) in [6.45, 7) is 6.18. The van der Waals surface area contributed by atoms with E-state index in [4.69, 9.17) is 15.6 Å². The van der Waals surface area contributed by atoms with Crippen molar-refractivity contribution in [3.05, 3.63) is 28.8 Å². The van der Waals surface area contributed by atoms with Gasteiger partial charge in [-0.2, -0.15) is 0 Å². The van der Waals surface area contributed by atoms with Gasteiger partial charge in [0.1, 0.15) is 12.4 Å². The summed E-state index contributed by atoms with van der Waals surface area (Å²) in [4.78, 5) is 10.5. The van der Waals surface area contributed by atoms with Gasteiger partial charge in [0.05, 0.1) is 6.42 Å². The summed E-state index contributed by atoms with van der Waals surface area (Å²) >= 11 is 0. The molecule has 0 amide bonds. The molecule has 0 fully saturated rings. The SMILES string of the molecule is Cc1ccc(C)c(OCC(N)CC(=O)O)c1C. The Balaban J connectivity index is 2.69. The van der Waals surface area contributed by atoms with Crippen molar-refractivity contribution in [1.82, 2.24) is 0 Å². The smallest absolute Gasteiger partial charge is 0.305 e. The highest BCUT2D eigenvalue weighted by atomic mass is 16.5. The molecule has 0 radical (unpaired) electrons. The van der Waals surface area contributed by atoms with Crippen LogP contribution in [0.5, 0.6) is 5.75 Å². The van der Waals surface area contributed by atoms with Gasteiger partial charge < -0.3 is 15.6 Å². The second-order valence-corrected chi connectivity index (χ2v) is 4.32. The Kier molecular flexibility index (Phi) is 4.52. The van der Waals surface area contributed by atoms with Crippen molar-refractivity contribution in [1.29, 1.82) is 0 Å². The van der Waals surface area contributed by atoms with E-state index >= 15 is 0 Å². The standard InChI is InChI=1S/C13H19NO3/c1-8-4-5-9(2)13(10(8)3)17-7-11(14)6-12(15)16/h4-5,11H,6-7,14H2,1-3H3,(H,15,16). The molecule has 1 aromatic carbocycles. The number of benzene rings is 1. The lowest BCUT2D eigenvalue weighted by Gasteiger charge is -2.16. The van der Waals surface area contributed by atoms with E-state index < -0.39 is 12.0 Å². The lowest BCUT2D eigenvalue weighted by atomic mass is 10.1. The first-order valence-corrected chi connectivity index (χ1v) is 5.58. The minimum Gasteiger partial charge on any atom is -0.491 e. The topological polar surface area (TPSA) is 72.5 Å². The molecule has 0 heterocycles. The van der Waals surface area contributed by atoms with E-state index in [9.17, 15) is 4.79 Å². The zero-order valence-electron chi connectivity index (χ0n) is 10.5. The van der Waals surface area contributed by atoms with Gasteiger partial charge in [-0.05, 0) is 37.5 Å². The van der Waals surface area contributed by atoms with E-state index in [1.54, 1.807) is 0 Å². The van der Waals surface area contributed by atoms with E-state index in [2.05, 4.69) is 0 Å². The predicted octanol–water partition coefficient (Wildman–Crippen LogP) is 1.79. The van der Waals surface area contributed by atoms with Crippen LogP contribution in [0.15, 0.2) is 12.1 Å². The highest BCUT2D eigenvalue weighted by molar-refractivity contribution is 5.67. The van der Waals surface area contributed by atoms with Gasteiger partial charge in [0.25, 0.3) is 0 Å². The Labute approximate surface area is 101 Å². The maximum atomic E-state index is 10.5. The van der Waals surface area contributed by atoms with Gasteiger partial charge in [0.15, 0.2) is 0 Å². The van der Waals surface area contributed by atoms with Crippen LogP contribution in [0.2, 0.25) is 0 Å². The molecular weight excluding hydrogens is 218 g/mol. The number of hydrogen-bond acceptors (Lipinski definition) is 3. The molecule has 1 rings (SSSR count). The number of carboxylic acids is 1. The summed E-state index contributed by atoms with van der Waals surface area (Å²) in [5, 5.41) is 8.60. The Morgan fingerprint density at radius 2 is 1.94 bits per heavy atom. The number of ether oxygens (including phenoxy) is 1. The van der Waals surface area contributed by atoms with Gasteiger partial charge in [-0.3, -0.25) is 4.79 Å². The fourth-order valence-corrected chi connectivity index (χ4v) is 1.62. The molecule has 0 saturated carbocycles. The molecule has 0 aliphatic carbocycles. The third kappa shape index (κ3) is 3.75. The van der Waals surface area contributed by atoms with Crippen molar-refractivity contribution in [2.24, 2.45) is 5.73 Å². The Morgan fingerprint density at radius 3 is 2.53 bits per heavy atom. The normalized spacial score (nSPS) is 12.2. The first-order chi connectivity index (χ1) is 7.91. The third-order valence-corrected chi connectivity index (χ3v) is 2.75. The molecule has 3 N–H and O–H groups in total. The Hall–Kier alpha value is -1.55. The minimum absolute atomic E-state index is 0.0795. The summed E-state index contributed by atoms with van der Waals surface area (Å²) < 4.78 is 5.62. The third-order valence-electron chi connectivity index (χ3n) is 2.75. The Morgan fingerprint density at radius 1 is 1.35 bits per heavy atom. The van der Waals surface area contributed by atoms with E-state index in [0.29, 0.717) is 0 Å². The largest absolute Gasteiger partial charge is 0.491 e. The first-order valence-electron chi connectivity index (χ1n) is 5.58. The molecule has 0 aliphatic rings. The van der Waals surface area contributed by atoms with Crippen LogP contribution in [-0.4, -0.2) is 23.7 Å². The Bertz CT molecular complexity index is 415. The molecule has 4 heteroatoms. The van der Waals surface area contributed by atoms with Crippen LogP contribution in [0.25, 0.3) is 0 Å². The quantitative estimate of drug-likeness (QED) is 0.819. The number of carboxylic acid groups (broad SMARTS) is 1. The van der Waals surface area contributed by atoms with Crippen LogP contribution >= 0.6 is 0 Å². The van der Waals surface area contributed by atoms with Crippen LogP contribution in [0.1, 0.15) is 23.1 Å². The molecule has 1 unspecified atom stereocenters. The van der Waals surface area contributed by atoms with Crippen molar-refractivity contribution >= 4 is 5.97 Å². The second kappa shape index (κ2) is 5.68. The summed E-state index contributed by atoms with van der Waals surface area (Å²) in [6.07, 6.45) is -0.0795. The number of rotatable bonds is 5.